The third-order valence-electron chi connectivity index (χ3n) is 4.09. The van der Waals surface area contributed by atoms with E-state index < -0.39 is 0 Å². The lowest BCUT2D eigenvalue weighted by Crippen LogP contribution is -2.22. The minimum atomic E-state index is -0.378. The maximum atomic E-state index is 13.7. The third kappa shape index (κ3) is 1.94. The van der Waals surface area contributed by atoms with Crippen molar-refractivity contribution in [2.24, 2.45) is 0 Å². The molecular weight excluding hydrogens is 295 g/mol. The van der Waals surface area contributed by atoms with E-state index in [9.17, 15) is 9.18 Å². The SMILES string of the molecule is CC(C)(C)c1nc2c3ccc(F)cc3c3c(=O)[nH][nH]cc3c2[nH+]1. The van der Waals surface area contributed by atoms with Gasteiger partial charge in [-0.25, -0.2) is 9.37 Å². The summed E-state index contributed by atoms with van der Waals surface area (Å²) in [7, 11) is 0. The lowest BCUT2D eigenvalue weighted by atomic mass is 9.96. The Morgan fingerprint density at radius 2 is 1.96 bits per heavy atom. The number of hydrogen-bond donors (Lipinski definition) is 2. The summed E-state index contributed by atoms with van der Waals surface area (Å²) in [5.74, 6) is 0.447. The van der Waals surface area contributed by atoms with E-state index in [0.717, 1.165) is 22.2 Å². The minimum absolute atomic E-state index is 0.164. The number of aromatic amines is 3. The van der Waals surface area contributed by atoms with Gasteiger partial charge in [-0.1, -0.05) is 0 Å². The summed E-state index contributed by atoms with van der Waals surface area (Å²) in [4.78, 5) is 20.4. The van der Waals surface area contributed by atoms with Gasteiger partial charge in [-0.05, 0) is 44.0 Å². The highest BCUT2D eigenvalue weighted by molar-refractivity contribution is 6.21. The average Bonchev–Trinajstić information content (AvgIpc) is 2.92. The molecule has 0 bridgehead atoms. The molecule has 0 fully saturated rings. The molecule has 5 nitrogen and oxygen atoms in total. The van der Waals surface area contributed by atoms with Crippen LogP contribution in [0.15, 0.2) is 29.2 Å². The quantitative estimate of drug-likeness (QED) is 0.490. The Morgan fingerprint density at radius 1 is 1.17 bits per heavy atom. The van der Waals surface area contributed by atoms with Crippen LogP contribution in [0.1, 0.15) is 26.6 Å². The molecule has 0 unspecified atom stereocenters. The van der Waals surface area contributed by atoms with Crippen LogP contribution in [0.2, 0.25) is 0 Å². The van der Waals surface area contributed by atoms with Crippen molar-refractivity contribution in [2.75, 3.05) is 0 Å². The molecule has 0 aliphatic carbocycles. The van der Waals surface area contributed by atoms with Crippen molar-refractivity contribution >= 4 is 32.6 Å². The Bertz CT molecular complexity index is 1130. The molecule has 0 atom stereocenters. The summed E-state index contributed by atoms with van der Waals surface area (Å²) >= 11 is 0. The van der Waals surface area contributed by atoms with Gasteiger partial charge < -0.3 is 5.10 Å². The molecule has 2 heterocycles. The van der Waals surface area contributed by atoms with Crippen LogP contribution >= 0.6 is 0 Å². The monoisotopic (exact) mass is 311 g/mol. The highest BCUT2D eigenvalue weighted by Gasteiger charge is 2.29. The first kappa shape index (κ1) is 13.9. The number of nitrogens with zero attached hydrogens (tertiary/aromatic N) is 1. The van der Waals surface area contributed by atoms with Gasteiger partial charge in [0.1, 0.15) is 5.82 Å². The van der Waals surface area contributed by atoms with E-state index in [1.807, 2.05) is 0 Å². The molecule has 116 valence electrons. The van der Waals surface area contributed by atoms with Crippen LogP contribution in [0.25, 0.3) is 32.6 Å². The number of halogens is 1. The molecular formula is C17H16FN4O+. The molecule has 0 amide bonds. The van der Waals surface area contributed by atoms with E-state index in [1.165, 1.54) is 12.1 Å². The molecule has 0 aliphatic rings. The van der Waals surface area contributed by atoms with Gasteiger partial charge in [0.05, 0.1) is 16.2 Å². The van der Waals surface area contributed by atoms with Gasteiger partial charge in [-0.2, -0.15) is 0 Å². The average molecular weight is 311 g/mol. The van der Waals surface area contributed by atoms with Crippen molar-refractivity contribution in [3.05, 3.63) is 46.4 Å². The first-order chi connectivity index (χ1) is 10.9. The molecule has 0 saturated heterocycles. The number of benzene rings is 2. The number of H-pyrrole nitrogens is 3. The summed E-state index contributed by atoms with van der Waals surface area (Å²) in [6.45, 7) is 6.19. The van der Waals surface area contributed by atoms with Crippen LogP contribution in [-0.2, 0) is 5.41 Å². The molecule has 3 N–H and O–H groups in total. The maximum Gasteiger partial charge on any atom is 0.303 e. The van der Waals surface area contributed by atoms with Gasteiger partial charge in [0.2, 0.25) is 5.52 Å². The fourth-order valence-electron chi connectivity index (χ4n) is 2.94. The summed E-state index contributed by atoms with van der Waals surface area (Å²) in [5, 5.41) is 7.77. The van der Waals surface area contributed by atoms with Gasteiger partial charge in [-0.3, -0.25) is 9.89 Å². The fourth-order valence-corrected chi connectivity index (χ4v) is 2.94. The summed E-state index contributed by atoms with van der Waals surface area (Å²) < 4.78 is 13.7. The molecule has 2 aromatic carbocycles. The topological polar surface area (TPSA) is 75.7 Å². The smallest absolute Gasteiger partial charge is 0.303 e. The van der Waals surface area contributed by atoms with E-state index in [-0.39, 0.29) is 16.8 Å². The van der Waals surface area contributed by atoms with Gasteiger partial charge in [0.15, 0.2) is 5.52 Å². The summed E-state index contributed by atoms with van der Waals surface area (Å²) in [6, 6.07) is 4.45. The van der Waals surface area contributed by atoms with Crippen molar-refractivity contribution in [3.63, 3.8) is 0 Å². The summed E-state index contributed by atoms with van der Waals surface area (Å²) in [6.07, 6.45) is 1.70. The summed E-state index contributed by atoms with van der Waals surface area (Å²) in [5.41, 5.74) is 1.08. The highest BCUT2D eigenvalue weighted by Crippen LogP contribution is 2.32. The third-order valence-corrected chi connectivity index (χ3v) is 4.09. The second kappa shape index (κ2) is 4.38. The number of hydrogen-bond acceptors (Lipinski definition) is 2. The second-order valence-corrected chi connectivity index (χ2v) is 6.78. The van der Waals surface area contributed by atoms with Crippen LogP contribution < -0.4 is 10.5 Å². The van der Waals surface area contributed by atoms with E-state index in [1.54, 1.807) is 12.3 Å². The molecule has 0 saturated carbocycles. The Labute approximate surface area is 130 Å². The highest BCUT2D eigenvalue weighted by atomic mass is 19.1. The largest absolute Gasteiger partial charge is 0.305 e. The molecule has 2 aromatic heterocycles. The van der Waals surface area contributed by atoms with Crippen molar-refractivity contribution in [3.8, 4) is 0 Å². The Hall–Kier alpha value is -2.76. The predicted molar refractivity (Wildman–Crippen MR) is 86.9 cm³/mol. The number of rotatable bonds is 0. The minimum Gasteiger partial charge on any atom is -0.305 e. The standard InChI is InChI=1S/C17H15FN4O/c1-17(2,3)16-20-13-9-5-4-8(18)6-10(9)12-11(14(13)21-16)7-19-22-15(12)23/h4-7,19H,1-3H3,(H,22,23)/p+1. The lowest BCUT2D eigenvalue weighted by Gasteiger charge is -2.06. The van der Waals surface area contributed by atoms with Gasteiger partial charge in [0, 0.05) is 17.0 Å². The molecule has 4 rings (SSSR count). The number of imidazole rings is 1. The van der Waals surface area contributed by atoms with Crippen LogP contribution in [-0.4, -0.2) is 15.2 Å². The van der Waals surface area contributed by atoms with Crippen LogP contribution in [0.5, 0.6) is 0 Å². The molecule has 6 heteroatoms. The van der Waals surface area contributed by atoms with Crippen LogP contribution in [0, 0.1) is 5.82 Å². The molecule has 4 aromatic rings. The second-order valence-electron chi connectivity index (χ2n) is 6.78. The predicted octanol–water partition coefficient (Wildman–Crippen LogP) is 2.81. The van der Waals surface area contributed by atoms with Gasteiger partial charge in [0.25, 0.3) is 5.56 Å². The number of fused-ring (bicyclic) bond motifs is 6. The molecule has 0 spiro atoms. The molecule has 0 radical (unpaired) electrons. The van der Waals surface area contributed by atoms with Gasteiger partial charge in [-0.15, -0.1) is 0 Å². The van der Waals surface area contributed by atoms with Crippen molar-refractivity contribution in [1.29, 1.82) is 0 Å². The van der Waals surface area contributed by atoms with E-state index in [0.29, 0.717) is 16.2 Å². The van der Waals surface area contributed by atoms with Crippen molar-refractivity contribution < 1.29 is 9.37 Å². The van der Waals surface area contributed by atoms with Crippen LogP contribution in [0.4, 0.5) is 4.39 Å². The fraction of sp³-hybridized carbons (Fsp3) is 0.235. The van der Waals surface area contributed by atoms with Crippen molar-refractivity contribution in [2.45, 2.75) is 26.2 Å². The first-order valence-electron chi connectivity index (χ1n) is 7.41. The lowest BCUT2D eigenvalue weighted by molar-refractivity contribution is -0.364. The maximum absolute atomic E-state index is 13.7. The van der Waals surface area contributed by atoms with E-state index in [4.69, 9.17) is 4.98 Å². The Kier molecular flexibility index (Phi) is 2.64. The normalized spacial score (nSPS) is 12.5. The first-order valence-corrected chi connectivity index (χ1v) is 7.41. The zero-order valence-electron chi connectivity index (χ0n) is 13.0. The number of aromatic nitrogens is 4. The van der Waals surface area contributed by atoms with Crippen molar-refractivity contribution in [1.82, 2.24) is 15.2 Å². The molecule has 23 heavy (non-hydrogen) atoms. The number of nitrogens with one attached hydrogen (secondary N) is 3. The van der Waals surface area contributed by atoms with E-state index in [2.05, 4.69) is 36.0 Å². The zero-order chi connectivity index (χ0) is 16.4. The van der Waals surface area contributed by atoms with Gasteiger partial charge >= 0.3 is 5.82 Å². The Morgan fingerprint density at radius 3 is 2.70 bits per heavy atom. The zero-order valence-corrected chi connectivity index (χ0v) is 13.0. The van der Waals surface area contributed by atoms with E-state index >= 15 is 0 Å². The van der Waals surface area contributed by atoms with Crippen LogP contribution in [0.3, 0.4) is 0 Å². The molecule has 0 aliphatic heterocycles. The Balaban J connectivity index is 2.34.